The highest BCUT2D eigenvalue weighted by atomic mass is 16.2. The Balaban J connectivity index is 2.50. The van der Waals surface area contributed by atoms with Crippen LogP contribution in [0.2, 0.25) is 0 Å². The molecule has 1 saturated heterocycles. The van der Waals surface area contributed by atoms with Crippen LogP contribution >= 0.6 is 0 Å². The van der Waals surface area contributed by atoms with Crippen molar-refractivity contribution in [3.05, 3.63) is 0 Å². The summed E-state index contributed by atoms with van der Waals surface area (Å²) in [5.41, 5.74) is -0.0546. The Labute approximate surface area is 107 Å². The summed E-state index contributed by atoms with van der Waals surface area (Å²) in [5.74, 6) is -1.01. The number of hydrogen-bond acceptors (Lipinski definition) is 4. The minimum Gasteiger partial charge on any atom is -0.322 e. The maximum absolute atomic E-state index is 11.9. The van der Waals surface area contributed by atoms with E-state index in [9.17, 15) is 14.4 Å². The maximum Gasteiger partial charge on any atom is 0.249 e. The molecule has 18 heavy (non-hydrogen) atoms. The highest BCUT2D eigenvalue weighted by Crippen LogP contribution is 2.07. The molecule has 1 aliphatic heterocycles. The molecular weight excluding hydrogens is 234 g/mol. The predicted octanol–water partition coefficient (Wildman–Crippen LogP) is -0.362. The van der Waals surface area contributed by atoms with Crippen molar-refractivity contribution in [3.63, 3.8) is 0 Å². The van der Waals surface area contributed by atoms with E-state index in [1.165, 1.54) is 4.90 Å². The molecule has 6 nitrogen and oxygen atoms in total. The second kappa shape index (κ2) is 5.48. The van der Waals surface area contributed by atoms with Gasteiger partial charge in [0.25, 0.3) is 0 Å². The monoisotopic (exact) mass is 255 g/mol. The molecule has 0 aromatic carbocycles. The van der Waals surface area contributed by atoms with Crippen LogP contribution in [-0.4, -0.2) is 47.3 Å². The van der Waals surface area contributed by atoms with E-state index in [0.29, 0.717) is 6.54 Å². The SMILES string of the molecule is CC1C(=O)NC(=O)CN1C(=O)CCNC(C)(C)C. The highest BCUT2D eigenvalue weighted by molar-refractivity contribution is 6.04. The van der Waals surface area contributed by atoms with Crippen LogP contribution in [0.4, 0.5) is 0 Å². The number of amides is 3. The van der Waals surface area contributed by atoms with Crippen LogP contribution < -0.4 is 10.6 Å². The summed E-state index contributed by atoms with van der Waals surface area (Å²) in [6.07, 6.45) is 0.280. The Morgan fingerprint density at radius 1 is 1.44 bits per heavy atom. The van der Waals surface area contributed by atoms with E-state index in [2.05, 4.69) is 10.6 Å². The van der Waals surface area contributed by atoms with E-state index in [4.69, 9.17) is 0 Å². The van der Waals surface area contributed by atoms with Gasteiger partial charge in [0.15, 0.2) is 0 Å². The van der Waals surface area contributed by atoms with E-state index in [1.807, 2.05) is 20.8 Å². The Kier molecular flexibility index (Phi) is 4.45. The van der Waals surface area contributed by atoms with Crippen molar-refractivity contribution in [2.75, 3.05) is 13.1 Å². The van der Waals surface area contributed by atoms with E-state index in [0.717, 1.165) is 0 Å². The third-order valence-electron chi connectivity index (χ3n) is 2.74. The summed E-state index contributed by atoms with van der Waals surface area (Å²) >= 11 is 0. The van der Waals surface area contributed by atoms with Crippen molar-refractivity contribution in [2.24, 2.45) is 0 Å². The molecule has 0 aromatic rings. The van der Waals surface area contributed by atoms with Gasteiger partial charge in [0, 0.05) is 18.5 Å². The molecule has 0 radical (unpaired) electrons. The molecule has 1 heterocycles. The van der Waals surface area contributed by atoms with Crippen LogP contribution in [0.15, 0.2) is 0 Å². The van der Waals surface area contributed by atoms with Crippen molar-refractivity contribution in [1.29, 1.82) is 0 Å². The number of rotatable bonds is 3. The lowest BCUT2D eigenvalue weighted by molar-refractivity contribution is -0.149. The highest BCUT2D eigenvalue weighted by Gasteiger charge is 2.33. The number of nitrogens with zero attached hydrogens (tertiary/aromatic N) is 1. The number of piperazine rings is 1. The zero-order chi connectivity index (χ0) is 13.9. The van der Waals surface area contributed by atoms with Gasteiger partial charge in [-0.25, -0.2) is 0 Å². The molecule has 0 aromatic heterocycles. The standard InChI is InChI=1S/C12H21N3O3/c1-8-11(18)14-9(16)7-15(8)10(17)5-6-13-12(2,3)4/h8,13H,5-7H2,1-4H3,(H,14,16,18). The van der Waals surface area contributed by atoms with Crippen molar-refractivity contribution in [2.45, 2.75) is 45.7 Å². The van der Waals surface area contributed by atoms with E-state index in [-0.39, 0.29) is 24.4 Å². The van der Waals surface area contributed by atoms with Crippen LogP contribution in [0.25, 0.3) is 0 Å². The number of hydrogen-bond donors (Lipinski definition) is 2. The number of carbonyl (C=O) groups excluding carboxylic acids is 3. The topological polar surface area (TPSA) is 78.5 Å². The summed E-state index contributed by atoms with van der Waals surface area (Å²) < 4.78 is 0. The minimum atomic E-state index is -0.579. The van der Waals surface area contributed by atoms with Gasteiger partial charge in [0.1, 0.15) is 12.6 Å². The van der Waals surface area contributed by atoms with Gasteiger partial charge < -0.3 is 10.2 Å². The lowest BCUT2D eigenvalue weighted by atomic mass is 10.1. The fraction of sp³-hybridized carbons (Fsp3) is 0.750. The number of carbonyl (C=O) groups is 3. The summed E-state index contributed by atoms with van der Waals surface area (Å²) in [4.78, 5) is 35.9. The second-order valence-corrected chi connectivity index (χ2v) is 5.54. The molecule has 2 N–H and O–H groups in total. The van der Waals surface area contributed by atoms with Crippen molar-refractivity contribution >= 4 is 17.7 Å². The number of nitrogens with one attached hydrogen (secondary N) is 2. The minimum absolute atomic E-state index is 0.0404. The lowest BCUT2D eigenvalue weighted by Crippen LogP contribution is -2.58. The van der Waals surface area contributed by atoms with Crippen LogP contribution in [0.3, 0.4) is 0 Å². The van der Waals surface area contributed by atoms with Gasteiger partial charge in [-0.2, -0.15) is 0 Å². The molecule has 102 valence electrons. The first-order chi connectivity index (χ1) is 8.20. The normalized spacial score (nSPS) is 20.9. The molecule has 1 unspecified atom stereocenters. The summed E-state index contributed by atoms with van der Waals surface area (Å²) in [5, 5.41) is 5.40. The largest absolute Gasteiger partial charge is 0.322 e. The van der Waals surface area contributed by atoms with E-state index < -0.39 is 17.9 Å². The fourth-order valence-electron chi connectivity index (χ4n) is 1.71. The van der Waals surface area contributed by atoms with Crippen LogP contribution in [-0.2, 0) is 14.4 Å². The first kappa shape index (κ1) is 14.6. The van der Waals surface area contributed by atoms with Gasteiger partial charge in [-0.15, -0.1) is 0 Å². The van der Waals surface area contributed by atoms with E-state index in [1.54, 1.807) is 6.92 Å². The zero-order valence-corrected chi connectivity index (χ0v) is 11.4. The lowest BCUT2D eigenvalue weighted by Gasteiger charge is -2.32. The molecule has 0 saturated carbocycles. The van der Waals surface area contributed by atoms with Gasteiger partial charge in [-0.1, -0.05) is 0 Å². The molecule has 0 spiro atoms. The van der Waals surface area contributed by atoms with Crippen molar-refractivity contribution in [3.8, 4) is 0 Å². The Hall–Kier alpha value is -1.43. The molecule has 0 aliphatic carbocycles. The molecule has 1 fully saturated rings. The first-order valence-corrected chi connectivity index (χ1v) is 6.09. The van der Waals surface area contributed by atoms with Gasteiger partial charge in [0.2, 0.25) is 17.7 Å². The zero-order valence-electron chi connectivity index (χ0n) is 11.4. The van der Waals surface area contributed by atoms with Crippen LogP contribution in [0, 0.1) is 0 Å². The quantitative estimate of drug-likeness (QED) is 0.675. The average molecular weight is 255 g/mol. The van der Waals surface area contributed by atoms with E-state index >= 15 is 0 Å². The van der Waals surface area contributed by atoms with Crippen LogP contribution in [0.5, 0.6) is 0 Å². The van der Waals surface area contributed by atoms with Crippen LogP contribution in [0.1, 0.15) is 34.1 Å². The smallest absolute Gasteiger partial charge is 0.249 e. The van der Waals surface area contributed by atoms with Gasteiger partial charge in [-0.3, -0.25) is 19.7 Å². The summed E-state index contributed by atoms with van der Waals surface area (Å²) in [6.45, 7) is 8.15. The first-order valence-electron chi connectivity index (χ1n) is 6.09. The van der Waals surface area contributed by atoms with Crippen molar-refractivity contribution < 1.29 is 14.4 Å². The summed E-state index contributed by atoms with van der Waals surface area (Å²) in [6, 6.07) is -0.579. The third-order valence-corrected chi connectivity index (χ3v) is 2.74. The third kappa shape index (κ3) is 4.10. The molecular formula is C12H21N3O3. The molecule has 1 rings (SSSR count). The summed E-state index contributed by atoms with van der Waals surface area (Å²) in [7, 11) is 0. The Bertz CT molecular complexity index is 360. The van der Waals surface area contributed by atoms with Gasteiger partial charge >= 0.3 is 0 Å². The molecule has 6 heteroatoms. The maximum atomic E-state index is 11.9. The fourth-order valence-corrected chi connectivity index (χ4v) is 1.71. The van der Waals surface area contributed by atoms with Gasteiger partial charge in [0.05, 0.1) is 0 Å². The Morgan fingerprint density at radius 3 is 2.61 bits per heavy atom. The molecule has 1 aliphatic rings. The molecule has 3 amide bonds. The van der Waals surface area contributed by atoms with Gasteiger partial charge in [-0.05, 0) is 27.7 Å². The molecule has 1 atom stereocenters. The second-order valence-electron chi connectivity index (χ2n) is 5.54. The average Bonchev–Trinajstić information content (AvgIpc) is 2.21. The van der Waals surface area contributed by atoms with Crippen molar-refractivity contribution in [1.82, 2.24) is 15.5 Å². The Morgan fingerprint density at radius 2 is 2.06 bits per heavy atom. The predicted molar refractivity (Wildman–Crippen MR) is 66.7 cm³/mol. The molecule has 0 bridgehead atoms. The number of imide groups is 1.